The molecule has 0 bridgehead atoms. The molecule has 0 aromatic heterocycles. The minimum absolute atomic E-state index is 0. The topological polar surface area (TPSA) is 180 Å². The number of allylic oxidation sites excluding steroid dienone is 2. The summed E-state index contributed by atoms with van der Waals surface area (Å²) in [5.74, 6) is -1.46. The van der Waals surface area contributed by atoms with Crippen LogP contribution in [-0.4, -0.2) is 92.2 Å². The predicted molar refractivity (Wildman–Crippen MR) is 165 cm³/mol. The quantitative estimate of drug-likeness (QED) is 0.119. The van der Waals surface area contributed by atoms with Gasteiger partial charge in [0, 0.05) is 10.8 Å². The van der Waals surface area contributed by atoms with Crippen LogP contribution >= 0.6 is 0 Å². The van der Waals surface area contributed by atoms with Crippen LogP contribution in [0.4, 0.5) is 0 Å². The van der Waals surface area contributed by atoms with Crippen molar-refractivity contribution in [1.29, 1.82) is 0 Å². The van der Waals surface area contributed by atoms with Crippen molar-refractivity contribution in [2.24, 2.45) is 50.2 Å². The molecule has 0 amide bonds. The van der Waals surface area contributed by atoms with Gasteiger partial charge in [0.25, 0.3) is 0 Å². The number of aliphatic hydroxyl groups excluding tert-OH is 6. The number of rotatable bonds is 4. The first kappa shape index (κ1) is 38.1. The van der Waals surface area contributed by atoms with Crippen LogP contribution in [-0.2, 0) is 14.3 Å². The third kappa shape index (κ3) is 5.16. The number of ether oxygens (including phenoxy) is 2. The van der Waals surface area contributed by atoms with E-state index in [0.29, 0.717) is 32.1 Å². The van der Waals surface area contributed by atoms with Gasteiger partial charge < -0.3 is 50.0 Å². The Labute approximate surface area is 301 Å². The first-order chi connectivity index (χ1) is 21.2. The molecule has 6 rings (SSSR count). The van der Waals surface area contributed by atoms with Gasteiger partial charge in [-0.15, -0.1) is 0 Å². The van der Waals surface area contributed by atoms with Gasteiger partial charge in [-0.3, -0.25) is 0 Å². The standard InChI is InChI=1S/C36H58O10.Na/c1-18-25(40)26(41)27(42)29(45-18)46-28-21(38)15-32(4)22(33(28,5)17-37)10-11-34(6)23(32)9-8-19-20-14-31(2,3)12-13-36(20,30(43)44)24(39)16-35(19,34)7;/h8,18,20-29,37-42H,9-17H2,1-7H3,(H,43,44);/q;+1/p-1/t18-,20-,21-,22+,23+,24-,25-,26+,27+,28-,29-,32-,33-,34+,35+,36+;/m0./s1. The fourth-order valence-corrected chi connectivity index (χ4v) is 12.4. The smallest absolute Gasteiger partial charge is 0.549 e. The molecule has 0 radical (unpaired) electrons. The van der Waals surface area contributed by atoms with E-state index in [2.05, 4.69) is 40.7 Å². The summed E-state index contributed by atoms with van der Waals surface area (Å²) in [5, 5.41) is 78.9. The van der Waals surface area contributed by atoms with E-state index in [1.807, 2.05) is 6.92 Å². The summed E-state index contributed by atoms with van der Waals surface area (Å²) in [7, 11) is 0. The van der Waals surface area contributed by atoms with E-state index in [9.17, 15) is 40.5 Å². The zero-order chi connectivity index (χ0) is 34.0. The van der Waals surface area contributed by atoms with Gasteiger partial charge >= 0.3 is 29.6 Å². The SMILES string of the molecule is C[C@@H]1O[C@@H](O[C@H]2[C@@H](O)C[C@@]3(C)[C@@H](CC[C@]4(C)[C@@H]3CC=C3[C@@H]5CC(C)(C)CC[C@]5(C(=O)[O-])[C@@H](O)C[C@]34C)[C@]2(C)CO)[C@H](O)[C@H](O)[C@H]1O.[Na+]. The number of hydrogen-bond acceptors (Lipinski definition) is 10. The second kappa shape index (κ2) is 12.2. The van der Waals surface area contributed by atoms with Gasteiger partial charge in [0.15, 0.2) is 6.29 Å². The Kier molecular flexibility index (Phi) is 9.94. The van der Waals surface area contributed by atoms with E-state index < -0.39 is 76.6 Å². The molecule has 5 aliphatic carbocycles. The number of aliphatic carboxylic acids is 1. The second-order valence-electron chi connectivity index (χ2n) is 17.9. The molecule has 1 aliphatic heterocycles. The molecule has 1 heterocycles. The molecular weight excluding hydrogens is 615 g/mol. The maximum Gasteiger partial charge on any atom is 1.00 e. The number of carboxylic acids is 1. The van der Waals surface area contributed by atoms with Gasteiger partial charge in [-0.25, -0.2) is 0 Å². The van der Waals surface area contributed by atoms with Crippen LogP contribution in [0.2, 0.25) is 0 Å². The van der Waals surface area contributed by atoms with Crippen molar-refractivity contribution in [3.05, 3.63) is 11.6 Å². The normalized spacial score (nSPS) is 55.3. The van der Waals surface area contributed by atoms with Crippen molar-refractivity contribution in [2.45, 2.75) is 149 Å². The molecular formula is C36H57NaO10. The van der Waals surface area contributed by atoms with Gasteiger partial charge in [0.1, 0.15) is 18.3 Å². The molecule has 47 heavy (non-hydrogen) atoms. The first-order valence-corrected chi connectivity index (χ1v) is 17.5. The van der Waals surface area contributed by atoms with Crippen LogP contribution in [0.5, 0.6) is 0 Å². The van der Waals surface area contributed by atoms with Gasteiger partial charge in [0.2, 0.25) is 0 Å². The molecule has 4 saturated carbocycles. The van der Waals surface area contributed by atoms with E-state index in [1.165, 1.54) is 0 Å². The molecule has 0 unspecified atom stereocenters. The summed E-state index contributed by atoms with van der Waals surface area (Å²) >= 11 is 0. The third-order valence-corrected chi connectivity index (χ3v) is 15.2. The van der Waals surface area contributed by atoms with Crippen LogP contribution in [0.3, 0.4) is 0 Å². The maximum absolute atomic E-state index is 12.9. The Hall–Kier alpha value is -0.110. The number of carbonyl (C=O) groups is 1. The second-order valence-corrected chi connectivity index (χ2v) is 17.9. The summed E-state index contributed by atoms with van der Waals surface area (Å²) in [5.41, 5.74) is -2.35. The van der Waals surface area contributed by atoms with Crippen LogP contribution in [0.25, 0.3) is 0 Å². The summed E-state index contributed by atoms with van der Waals surface area (Å²) in [6.45, 7) is 14.3. The van der Waals surface area contributed by atoms with Crippen LogP contribution in [0.15, 0.2) is 11.6 Å². The number of fused-ring (bicyclic) bond motifs is 7. The van der Waals surface area contributed by atoms with Crippen molar-refractivity contribution in [1.82, 2.24) is 0 Å². The molecule has 6 aliphatic rings. The predicted octanol–water partition coefficient (Wildman–Crippen LogP) is -1.33. The molecule has 5 fully saturated rings. The first-order valence-electron chi connectivity index (χ1n) is 17.5. The zero-order valence-electron chi connectivity index (χ0n) is 29.6. The number of aliphatic hydroxyl groups is 6. The van der Waals surface area contributed by atoms with Crippen molar-refractivity contribution >= 4 is 5.97 Å². The average Bonchev–Trinajstić information content (AvgIpc) is 2.96. The van der Waals surface area contributed by atoms with Gasteiger partial charge in [-0.2, -0.15) is 0 Å². The van der Waals surface area contributed by atoms with Crippen molar-refractivity contribution in [2.75, 3.05) is 6.61 Å². The Balaban J connectivity index is 0.00000433. The van der Waals surface area contributed by atoms with E-state index in [0.717, 1.165) is 24.8 Å². The van der Waals surface area contributed by atoms with E-state index in [1.54, 1.807) is 6.92 Å². The Bertz CT molecular complexity index is 1260. The summed E-state index contributed by atoms with van der Waals surface area (Å²) in [6.07, 6.45) is -2.32. The fraction of sp³-hybridized carbons (Fsp3) is 0.917. The third-order valence-electron chi connectivity index (χ3n) is 15.2. The van der Waals surface area contributed by atoms with Crippen LogP contribution in [0, 0.1) is 50.2 Å². The van der Waals surface area contributed by atoms with Crippen molar-refractivity contribution in [3.8, 4) is 0 Å². The Morgan fingerprint density at radius 2 is 1.60 bits per heavy atom. The molecule has 0 spiro atoms. The maximum atomic E-state index is 12.9. The molecule has 11 heteroatoms. The van der Waals surface area contributed by atoms with Gasteiger partial charge in [0.05, 0.1) is 37.0 Å². The zero-order valence-corrected chi connectivity index (χ0v) is 31.6. The molecule has 1 saturated heterocycles. The van der Waals surface area contributed by atoms with Crippen LogP contribution in [0.1, 0.15) is 99.8 Å². The van der Waals surface area contributed by atoms with Crippen molar-refractivity contribution < 1.29 is 79.6 Å². The average molecular weight is 673 g/mol. The van der Waals surface area contributed by atoms with Gasteiger partial charge in [-0.1, -0.05) is 53.2 Å². The minimum atomic E-state index is -1.53. The summed E-state index contributed by atoms with van der Waals surface area (Å²) < 4.78 is 12.0. The van der Waals surface area contributed by atoms with E-state index >= 15 is 0 Å². The fourth-order valence-electron chi connectivity index (χ4n) is 12.4. The Morgan fingerprint density at radius 1 is 0.936 bits per heavy atom. The van der Waals surface area contributed by atoms with E-state index in [-0.39, 0.29) is 64.7 Å². The van der Waals surface area contributed by atoms with Gasteiger partial charge in [-0.05, 0) is 97.7 Å². The van der Waals surface area contributed by atoms with Crippen molar-refractivity contribution in [3.63, 3.8) is 0 Å². The molecule has 262 valence electrons. The minimum Gasteiger partial charge on any atom is -0.549 e. The molecule has 0 aromatic rings. The molecule has 16 atom stereocenters. The van der Waals surface area contributed by atoms with Crippen LogP contribution < -0.4 is 34.7 Å². The number of hydrogen-bond donors (Lipinski definition) is 6. The summed E-state index contributed by atoms with van der Waals surface area (Å²) in [4.78, 5) is 12.9. The molecule has 0 aromatic carbocycles. The molecule has 10 nitrogen and oxygen atoms in total. The summed E-state index contributed by atoms with van der Waals surface area (Å²) in [6, 6.07) is 0. The Morgan fingerprint density at radius 3 is 2.21 bits per heavy atom. The molecule has 6 N–H and O–H groups in total. The number of carboxylic acid groups (broad SMARTS) is 1. The number of carbonyl (C=O) groups excluding carboxylic acids is 1. The monoisotopic (exact) mass is 672 g/mol. The van der Waals surface area contributed by atoms with E-state index in [4.69, 9.17) is 9.47 Å². The largest absolute Gasteiger partial charge is 1.00 e.